The average molecular weight is 286 g/mol. The highest BCUT2D eigenvalue weighted by molar-refractivity contribution is 7.89. The lowest BCUT2D eigenvalue weighted by Crippen LogP contribution is -2.31. The van der Waals surface area contributed by atoms with Gasteiger partial charge in [-0.05, 0) is 44.9 Å². The van der Waals surface area contributed by atoms with Crippen LogP contribution in [0.2, 0.25) is 0 Å². The monoisotopic (exact) mass is 286 g/mol. The maximum absolute atomic E-state index is 11.3. The molecule has 0 aromatic heterocycles. The molecule has 1 rings (SSSR count). The van der Waals surface area contributed by atoms with Gasteiger partial charge < -0.3 is 10.4 Å². The highest BCUT2D eigenvalue weighted by atomic mass is 32.2. The smallest absolute Gasteiger partial charge is 0.238 e. The predicted molar refractivity (Wildman–Crippen MR) is 75.1 cm³/mol. The first kappa shape index (κ1) is 16.1. The normalized spacial score (nSPS) is 16.9. The van der Waals surface area contributed by atoms with Crippen molar-refractivity contribution >= 4 is 10.0 Å². The molecule has 108 valence electrons. The zero-order chi connectivity index (χ0) is 14.6. The zero-order valence-electron chi connectivity index (χ0n) is 11.5. The quantitative estimate of drug-likeness (QED) is 0.731. The maximum Gasteiger partial charge on any atom is 0.238 e. The highest BCUT2D eigenvalue weighted by Gasteiger charge is 2.14. The van der Waals surface area contributed by atoms with Crippen molar-refractivity contribution < 1.29 is 13.5 Å². The second kappa shape index (κ2) is 6.47. The molecule has 0 spiro atoms. The van der Waals surface area contributed by atoms with Gasteiger partial charge in [-0.15, -0.1) is 0 Å². The van der Waals surface area contributed by atoms with Crippen LogP contribution >= 0.6 is 0 Å². The molecule has 0 aliphatic heterocycles. The van der Waals surface area contributed by atoms with Gasteiger partial charge >= 0.3 is 0 Å². The topological polar surface area (TPSA) is 92.4 Å². The van der Waals surface area contributed by atoms with Gasteiger partial charge in [0.05, 0.1) is 11.0 Å². The van der Waals surface area contributed by atoms with Crippen molar-refractivity contribution in [1.82, 2.24) is 5.32 Å². The maximum atomic E-state index is 11.3. The summed E-state index contributed by atoms with van der Waals surface area (Å²) in [5, 5.41) is 17.7. The molecular formula is C13H22N2O3S. The van der Waals surface area contributed by atoms with Gasteiger partial charge in [-0.3, -0.25) is 0 Å². The number of primary sulfonamides is 1. The number of hydrogen-bond donors (Lipinski definition) is 3. The van der Waals surface area contributed by atoms with E-state index < -0.39 is 10.0 Å². The lowest BCUT2D eigenvalue weighted by atomic mass is 10.1. The average Bonchev–Trinajstić information content (AvgIpc) is 2.26. The molecule has 3 unspecified atom stereocenters. The summed E-state index contributed by atoms with van der Waals surface area (Å²) in [5.41, 5.74) is 0.851. The van der Waals surface area contributed by atoms with Crippen molar-refractivity contribution in [3.8, 4) is 0 Å². The van der Waals surface area contributed by atoms with Crippen LogP contribution in [0.4, 0.5) is 0 Å². The summed E-state index contributed by atoms with van der Waals surface area (Å²) >= 11 is 0. The number of nitrogens with two attached hydrogens (primary N) is 1. The van der Waals surface area contributed by atoms with E-state index in [0.717, 1.165) is 5.56 Å². The molecule has 0 saturated carbocycles. The molecule has 0 aliphatic rings. The van der Waals surface area contributed by atoms with Crippen molar-refractivity contribution in [2.75, 3.05) is 0 Å². The summed E-state index contributed by atoms with van der Waals surface area (Å²) in [6.45, 7) is 5.66. The molecule has 5 nitrogen and oxygen atoms in total. The van der Waals surface area contributed by atoms with Crippen LogP contribution < -0.4 is 10.5 Å². The Morgan fingerprint density at radius 2 is 1.95 bits per heavy atom. The molecule has 0 fully saturated rings. The molecule has 19 heavy (non-hydrogen) atoms. The van der Waals surface area contributed by atoms with Gasteiger partial charge in [0.15, 0.2) is 0 Å². The third kappa shape index (κ3) is 5.28. The number of aliphatic hydroxyl groups excluding tert-OH is 1. The van der Waals surface area contributed by atoms with E-state index >= 15 is 0 Å². The first-order valence-electron chi connectivity index (χ1n) is 6.27. The fraction of sp³-hybridized carbons (Fsp3) is 0.538. The molecule has 0 bridgehead atoms. The summed E-state index contributed by atoms with van der Waals surface area (Å²) in [4.78, 5) is 0.113. The molecule has 4 N–H and O–H groups in total. The van der Waals surface area contributed by atoms with Crippen molar-refractivity contribution in [2.45, 2.75) is 50.3 Å². The summed E-state index contributed by atoms with van der Waals surface area (Å²) < 4.78 is 22.6. The van der Waals surface area contributed by atoms with E-state index in [0.29, 0.717) is 6.42 Å². The van der Waals surface area contributed by atoms with E-state index in [-0.39, 0.29) is 23.1 Å². The van der Waals surface area contributed by atoms with Gasteiger partial charge in [0, 0.05) is 12.1 Å². The van der Waals surface area contributed by atoms with E-state index in [9.17, 15) is 13.5 Å². The van der Waals surface area contributed by atoms with Crippen LogP contribution in [0, 0.1) is 0 Å². The Hall–Kier alpha value is -0.950. The predicted octanol–water partition coefficient (Wildman–Crippen LogP) is 1.14. The summed E-state index contributed by atoms with van der Waals surface area (Å²) in [5.74, 6) is 0. The summed E-state index contributed by atoms with van der Waals surface area (Å²) in [7, 11) is -3.67. The molecule has 0 amide bonds. The Labute approximate surface area is 114 Å². The minimum absolute atomic E-state index is 0.0181. The summed E-state index contributed by atoms with van der Waals surface area (Å²) in [6.07, 6.45) is 0.268. The molecule has 0 saturated heterocycles. The Kier molecular flexibility index (Phi) is 5.49. The van der Waals surface area contributed by atoms with Crippen molar-refractivity contribution in [1.29, 1.82) is 0 Å². The number of sulfonamides is 1. The molecular weight excluding hydrogens is 264 g/mol. The number of hydrogen-bond acceptors (Lipinski definition) is 4. The molecule has 3 atom stereocenters. The van der Waals surface area contributed by atoms with Gasteiger partial charge in [0.1, 0.15) is 0 Å². The standard InChI is InChI=1S/C13H22N2O3S/c1-9(7-10(2)16)15-11(3)12-5-4-6-13(8-12)19(14,17)18/h4-6,8-11,15-16H,7H2,1-3H3,(H2,14,17,18). The van der Waals surface area contributed by atoms with Crippen LogP contribution in [0.1, 0.15) is 38.8 Å². The van der Waals surface area contributed by atoms with Crippen LogP contribution in [-0.4, -0.2) is 25.7 Å². The first-order chi connectivity index (χ1) is 8.70. The fourth-order valence-electron chi connectivity index (χ4n) is 2.06. The van der Waals surface area contributed by atoms with Crippen LogP contribution in [-0.2, 0) is 10.0 Å². The molecule has 0 radical (unpaired) electrons. The summed E-state index contributed by atoms with van der Waals surface area (Å²) in [6, 6.07) is 6.68. The second-order valence-electron chi connectivity index (χ2n) is 4.99. The van der Waals surface area contributed by atoms with Crippen molar-refractivity contribution in [3.05, 3.63) is 29.8 Å². The Bertz CT molecular complexity index is 514. The largest absolute Gasteiger partial charge is 0.393 e. The van der Waals surface area contributed by atoms with E-state index in [4.69, 9.17) is 5.14 Å². The SMILES string of the molecule is CC(O)CC(C)NC(C)c1cccc(S(N)(=O)=O)c1. The first-order valence-corrected chi connectivity index (χ1v) is 7.81. The fourth-order valence-corrected chi connectivity index (χ4v) is 2.63. The van der Waals surface area contributed by atoms with Crippen LogP contribution in [0.5, 0.6) is 0 Å². The van der Waals surface area contributed by atoms with Gasteiger partial charge in [-0.1, -0.05) is 12.1 Å². The Morgan fingerprint density at radius 3 is 2.47 bits per heavy atom. The third-order valence-corrected chi connectivity index (χ3v) is 3.83. The molecule has 6 heteroatoms. The van der Waals surface area contributed by atoms with Gasteiger partial charge in [0.2, 0.25) is 10.0 Å². The van der Waals surface area contributed by atoms with Crippen LogP contribution in [0.25, 0.3) is 0 Å². The highest BCUT2D eigenvalue weighted by Crippen LogP contribution is 2.17. The van der Waals surface area contributed by atoms with E-state index in [1.165, 1.54) is 6.07 Å². The van der Waals surface area contributed by atoms with E-state index in [2.05, 4.69) is 5.32 Å². The second-order valence-corrected chi connectivity index (χ2v) is 6.55. The van der Waals surface area contributed by atoms with Crippen LogP contribution in [0.15, 0.2) is 29.2 Å². The van der Waals surface area contributed by atoms with Gasteiger partial charge in [-0.2, -0.15) is 0 Å². The number of aliphatic hydroxyl groups is 1. The molecule has 0 aliphatic carbocycles. The van der Waals surface area contributed by atoms with Gasteiger partial charge in [-0.25, -0.2) is 13.6 Å². The molecule has 1 aromatic carbocycles. The minimum atomic E-state index is -3.67. The van der Waals surface area contributed by atoms with Crippen LogP contribution in [0.3, 0.4) is 0 Å². The number of nitrogens with one attached hydrogen (secondary N) is 1. The molecule has 0 heterocycles. The Balaban J connectivity index is 2.80. The zero-order valence-corrected chi connectivity index (χ0v) is 12.3. The Morgan fingerprint density at radius 1 is 1.32 bits per heavy atom. The molecule has 1 aromatic rings. The number of rotatable bonds is 6. The van der Waals surface area contributed by atoms with E-state index in [1.807, 2.05) is 19.9 Å². The van der Waals surface area contributed by atoms with Crippen molar-refractivity contribution in [3.63, 3.8) is 0 Å². The lowest BCUT2D eigenvalue weighted by molar-refractivity contribution is 0.168. The minimum Gasteiger partial charge on any atom is -0.393 e. The lowest BCUT2D eigenvalue weighted by Gasteiger charge is -2.21. The van der Waals surface area contributed by atoms with Gasteiger partial charge in [0.25, 0.3) is 0 Å². The van der Waals surface area contributed by atoms with Crippen molar-refractivity contribution in [2.24, 2.45) is 5.14 Å². The third-order valence-electron chi connectivity index (χ3n) is 2.92. The number of benzene rings is 1. The van der Waals surface area contributed by atoms with E-state index in [1.54, 1.807) is 19.1 Å².